The van der Waals surface area contributed by atoms with Crippen molar-refractivity contribution in [2.24, 2.45) is 0 Å². The molecular formula is C10H13ClO3S. The van der Waals surface area contributed by atoms with Crippen LogP contribution >= 0.6 is 11.6 Å². The van der Waals surface area contributed by atoms with Crippen molar-refractivity contribution in [3.05, 3.63) is 22.7 Å². The van der Waals surface area contributed by atoms with Gasteiger partial charge in [0, 0.05) is 6.26 Å². The molecule has 15 heavy (non-hydrogen) atoms. The van der Waals surface area contributed by atoms with E-state index in [1.807, 2.05) is 0 Å². The van der Waals surface area contributed by atoms with Crippen molar-refractivity contribution in [2.75, 3.05) is 12.9 Å². The third-order valence-corrected chi connectivity index (χ3v) is 3.53. The van der Waals surface area contributed by atoms with Gasteiger partial charge in [-0.25, -0.2) is 8.42 Å². The Hall–Kier alpha value is -0.740. The third kappa shape index (κ3) is 2.63. The van der Waals surface area contributed by atoms with E-state index >= 15 is 0 Å². The molecule has 5 heteroatoms. The first-order chi connectivity index (χ1) is 6.88. The van der Waals surface area contributed by atoms with Crippen LogP contribution in [0.4, 0.5) is 0 Å². The van der Waals surface area contributed by atoms with Gasteiger partial charge in [-0.3, -0.25) is 0 Å². The first kappa shape index (κ1) is 12.3. The molecule has 1 rings (SSSR count). The lowest BCUT2D eigenvalue weighted by atomic mass is 10.2. The van der Waals surface area contributed by atoms with Gasteiger partial charge >= 0.3 is 0 Å². The highest BCUT2D eigenvalue weighted by molar-refractivity contribution is 7.90. The molecule has 0 bridgehead atoms. The van der Waals surface area contributed by atoms with Crippen LogP contribution in [0.5, 0.6) is 5.75 Å². The maximum atomic E-state index is 11.5. The van der Waals surface area contributed by atoms with E-state index in [1.165, 1.54) is 6.07 Å². The van der Waals surface area contributed by atoms with E-state index in [0.29, 0.717) is 11.6 Å². The number of sulfone groups is 1. The molecule has 0 aliphatic carbocycles. The molecule has 1 aromatic carbocycles. The number of ether oxygens (including phenoxy) is 1. The molecule has 0 radical (unpaired) electrons. The Morgan fingerprint density at radius 3 is 2.47 bits per heavy atom. The summed E-state index contributed by atoms with van der Waals surface area (Å²) in [5.41, 5.74) is 0.799. The molecule has 0 fully saturated rings. The Balaban J connectivity index is 3.47. The molecule has 84 valence electrons. The van der Waals surface area contributed by atoms with Gasteiger partial charge in [-0.05, 0) is 25.5 Å². The van der Waals surface area contributed by atoms with E-state index < -0.39 is 9.84 Å². The summed E-state index contributed by atoms with van der Waals surface area (Å²) in [5, 5.41) is 0.361. The van der Waals surface area contributed by atoms with Crippen LogP contribution in [0.15, 0.2) is 17.0 Å². The Morgan fingerprint density at radius 2 is 2.00 bits per heavy atom. The summed E-state index contributed by atoms with van der Waals surface area (Å²) < 4.78 is 28.2. The van der Waals surface area contributed by atoms with Gasteiger partial charge in [-0.1, -0.05) is 17.7 Å². The largest absolute Gasteiger partial charge is 0.491 e. The molecule has 3 nitrogen and oxygen atoms in total. The molecule has 0 saturated heterocycles. The SMILES string of the molecule is CCOc1c(S(C)(=O)=O)ccc(C)c1Cl. The lowest BCUT2D eigenvalue weighted by Crippen LogP contribution is -2.04. The van der Waals surface area contributed by atoms with Crippen molar-refractivity contribution in [2.45, 2.75) is 18.7 Å². The van der Waals surface area contributed by atoms with Crippen LogP contribution in [0.3, 0.4) is 0 Å². The Morgan fingerprint density at radius 1 is 1.40 bits per heavy atom. The molecule has 0 aliphatic rings. The maximum Gasteiger partial charge on any atom is 0.179 e. The normalized spacial score (nSPS) is 11.5. The second kappa shape index (κ2) is 4.41. The number of benzene rings is 1. The molecule has 0 aromatic heterocycles. The van der Waals surface area contributed by atoms with E-state index in [9.17, 15) is 8.42 Å². The van der Waals surface area contributed by atoms with Gasteiger partial charge in [0.2, 0.25) is 0 Å². The number of halogens is 1. The van der Waals surface area contributed by atoms with Crippen LogP contribution < -0.4 is 4.74 Å². The third-order valence-electron chi connectivity index (χ3n) is 1.94. The van der Waals surface area contributed by atoms with Gasteiger partial charge in [0.05, 0.1) is 11.6 Å². The monoisotopic (exact) mass is 248 g/mol. The van der Waals surface area contributed by atoms with Crippen molar-refractivity contribution in [1.82, 2.24) is 0 Å². The quantitative estimate of drug-likeness (QED) is 0.825. The Bertz CT molecular complexity index is 466. The summed E-state index contributed by atoms with van der Waals surface area (Å²) >= 11 is 5.99. The van der Waals surface area contributed by atoms with Crippen molar-refractivity contribution in [3.63, 3.8) is 0 Å². The predicted octanol–water partition coefficient (Wildman–Crippen LogP) is 2.45. The highest BCUT2D eigenvalue weighted by atomic mass is 35.5. The number of hydrogen-bond acceptors (Lipinski definition) is 3. The fourth-order valence-corrected chi connectivity index (χ4v) is 2.30. The van der Waals surface area contributed by atoms with E-state index in [4.69, 9.17) is 16.3 Å². The lowest BCUT2D eigenvalue weighted by Gasteiger charge is -2.12. The van der Waals surface area contributed by atoms with Crippen molar-refractivity contribution >= 4 is 21.4 Å². The molecule has 0 aliphatic heterocycles. The second-order valence-electron chi connectivity index (χ2n) is 3.23. The van der Waals surface area contributed by atoms with Crippen LogP contribution in [0.1, 0.15) is 12.5 Å². The van der Waals surface area contributed by atoms with Crippen molar-refractivity contribution in [1.29, 1.82) is 0 Å². The summed E-state index contributed by atoms with van der Waals surface area (Å²) in [6.07, 6.45) is 1.14. The molecular weight excluding hydrogens is 236 g/mol. The second-order valence-corrected chi connectivity index (χ2v) is 5.59. The van der Waals surface area contributed by atoms with Gasteiger partial charge in [0.25, 0.3) is 0 Å². The van der Waals surface area contributed by atoms with Gasteiger partial charge in [0.15, 0.2) is 15.6 Å². The predicted molar refractivity (Wildman–Crippen MR) is 60.5 cm³/mol. The highest BCUT2D eigenvalue weighted by Gasteiger charge is 2.18. The van der Waals surface area contributed by atoms with Gasteiger partial charge in [0.1, 0.15) is 4.90 Å². The topological polar surface area (TPSA) is 43.4 Å². The molecule has 0 amide bonds. The maximum absolute atomic E-state index is 11.5. The number of aryl methyl sites for hydroxylation is 1. The fraction of sp³-hybridized carbons (Fsp3) is 0.400. The average Bonchev–Trinajstić information content (AvgIpc) is 2.11. The Labute approximate surface area is 94.9 Å². The average molecular weight is 249 g/mol. The molecule has 1 aromatic rings. The van der Waals surface area contributed by atoms with Crippen molar-refractivity contribution < 1.29 is 13.2 Å². The molecule has 0 unspecified atom stereocenters. The fourth-order valence-electron chi connectivity index (χ4n) is 1.21. The van der Waals surface area contributed by atoms with E-state index in [1.54, 1.807) is 19.9 Å². The Kier molecular flexibility index (Phi) is 3.62. The minimum absolute atomic E-state index is 0.139. The summed E-state index contributed by atoms with van der Waals surface area (Å²) in [7, 11) is -3.30. The van der Waals surface area contributed by atoms with Gasteiger partial charge in [-0.15, -0.1) is 0 Å². The van der Waals surface area contributed by atoms with E-state index in [-0.39, 0.29) is 10.6 Å². The van der Waals surface area contributed by atoms with Crippen LogP contribution in [0.25, 0.3) is 0 Å². The molecule has 0 saturated carbocycles. The number of hydrogen-bond donors (Lipinski definition) is 0. The van der Waals surface area contributed by atoms with Crippen LogP contribution in [0, 0.1) is 6.92 Å². The van der Waals surface area contributed by atoms with Crippen molar-refractivity contribution in [3.8, 4) is 5.75 Å². The molecule has 0 N–H and O–H groups in total. The van der Waals surface area contributed by atoms with Crippen LogP contribution in [-0.2, 0) is 9.84 Å². The molecule has 0 spiro atoms. The summed E-state index contributed by atoms with van der Waals surface area (Å²) in [6.45, 7) is 3.97. The summed E-state index contributed by atoms with van der Waals surface area (Å²) in [5.74, 6) is 0.252. The van der Waals surface area contributed by atoms with E-state index in [0.717, 1.165) is 11.8 Å². The first-order valence-electron chi connectivity index (χ1n) is 4.50. The summed E-state index contributed by atoms with van der Waals surface area (Å²) in [4.78, 5) is 0.139. The summed E-state index contributed by atoms with van der Waals surface area (Å²) in [6, 6.07) is 3.18. The first-order valence-corrected chi connectivity index (χ1v) is 6.76. The molecule has 0 heterocycles. The highest BCUT2D eigenvalue weighted by Crippen LogP contribution is 2.34. The van der Waals surface area contributed by atoms with Gasteiger partial charge < -0.3 is 4.74 Å². The van der Waals surface area contributed by atoms with Crippen LogP contribution in [-0.4, -0.2) is 21.3 Å². The van der Waals surface area contributed by atoms with Crippen LogP contribution in [0.2, 0.25) is 5.02 Å². The smallest absolute Gasteiger partial charge is 0.179 e. The standard InChI is InChI=1S/C10H13ClO3S/c1-4-14-10-8(15(3,12)13)6-5-7(2)9(10)11/h5-6H,4H2,1-3H3. The zero-order chi connectivity index (χ0) is 11.6. The number of rotatable bonds is 3. The lowest BCUT2D eigenvalue weighted by molar-refractivity contribution is 0.331. The zero-order valence-corrected chi connectivity index (χ0v) is 10.4. The van der Waals surface area contributed by atoms with E-state index in [2.05, 4.69) is 0 Å². The van der Waals surface area contributed by atoms with Gasteiger partial charge in [-0.2, -0.15) is 0 Å². The minimum atomic E-state index is -3.30. The molecule has 0 atom stereocenters. The minimum Gasteiger partial charge on any atom is -0.491 e. The zero-order valence-electron chi connectivity index (χ0n) is 8.87.